The van der Waals surface area contributed by atoms with E-state index in [2.05, 4.69) is 20.8 Å². The summed E-state index contributed by atoms with van der Waals surface area (Å²) >= 11 is 0. The molecular weight excluding hydrogens is 266 g/mol. The van der Waals surface area contributed by atoms with Gasteiger partial charge in [0.25, 0.3) is 5.91 Å². The van der Waals surface area contributed by atoms with Crippen molar-refractivity contribution in [3.63, 3.8) is 0 Å². The van der Waals surface area contributed by atoms with Crippen molar-refractivity contribution in [2.75, 3.05) is 33.4 Å². The first kappa shape index (κ1) is 15.8. The van der Waals surface area contributed by atoms with Crippen molar-refractivity contribution in [1.29, 1.82) is 0 Å². The van der Waals surface area contributed by atoms with Gasteiger partial charge in [-0.1, -0.05) is 20.8 Å². The Morgan fingerprint density at radius 3 is 2.38 bits per heavy atom. The summed E-state index contributed by atoms with van der Waals surface area (Å²) in [6.07, 6.45) is 0. The van der Waals surface area contributed by atoms with Crippen LogP contribution < -0.4 is 4.74 Å². The summed E-state index contributed by atoms with van der Waals surface area (Å²) in [6, 6.07) is 3.96. The highest BCUT2D eigenvalue weighted by Crippen LogP contribution is 2.34. The molecule has 0 atom stereocenters. The number of hydrogen-bond acceptors (Lipinski definition) is 3. The maximum Gasteiger partial charge on any atom is 0.254 e. The lowest BCUT2D eigenvalue weighted by Gasteiger charge is -2.29. The van der Waals surface area contributed by atoms with Crippen molar-refractivity contribution < 1.29 is 14.3 Å². The van der Waals surface area contributed by atoms with Gasteiger partial charge in [0.05, 0.1) is 20.3 Å². The average molecular weight is 291 g/mol. The third-order valence-corrected chi connectivity index (χ3v) is 3.88. The second-order valence-electron chi connectivity index (χ2n) is 6.52. The summed E-state index contributed by atoms with van der Waals surface area (Å²) < 4.78 is 10.8. The minimum absolute atomic E-state index is 0.0704. The van der Waals surface area contributed by atoms with Crippen LogP contribution in [0.4, 0.5) is 0 Å². The Hall–Kier alpha value is -1.55. The van der Waals surface area contributed by atoms with E-state index in [4.69, 9.17) is 9.47 Å². The molecule has 1 aromatic rings. The van der Waals surface area contributed by atoms with Crippen LogP contribution in [0.2, 0.25) is 0 Å². The highest BCUT2D eigenvalue weighted by molar-refractivity contribution is 5.96. The first-order valence-corrected chi connectivity index (χ1v) is 7.40. The number of carbonyl (C=O) groups excluding carboxylic acids is 1. The van der Waals surface area contributed by atoms with Crippen molar-refractivity contribution in [2.45, 2.75) is 33.1 Å². The average Bonchev–Trinajstić information content (AvgIpc) is 2.45. The Balaban J connectivity index is 2.41. The molecular formula is C17H25NO3. The zero-order valence-electron chi connectivity index (χ0n) is 13.7. The topological polar surface area (TPSA) is 38.8 Å². The second kappa shape index (κ2) is 6.06. The predicted octanol–water partition coefficient (Wildman–Crippen LogP) is 2.77. The maximum absolute atomic E-state index is 12.7. The van der Waals surface area contributed by atoms with Gasteiger partial charge < -0.3 is 14.4 Å². The SMILES string of the molecule is COc1cc(C)c(C(=O)N2CCOCC2)cc1C(C)(C)C. The summed E-state index contributed by atoms with van der Waals surface area (Å²) in [6.45, 7) is 10.9. The summed E-state index contributed by atoms with van der Waals surface area (Å²) in [5.41, 5.74) is 2.71. The van der Waals surface area contributed by atoms with Crippen LogP contribution in [0.5, 0.6) is 5.75 Å². The number of nitrogens with zero attached hydrogens (tertiary/aromatic N) is 1. The van der Waals surface area contributed by atoms with E-state index in [1.807, 2.05) is 24.0 Å². The fourth-order valence-corrected chi connectivity index (χ4v) is 2.60. The first-order chi connectivity index (χ1) is 9.84. The van der Waals surface area contributed by atoms with Crippen molar-refractivity contribution in [3.05, 3.63) is 28.8 Å². The molecule has 0 N–H and O–H groups in total. The molecule has 0 aliphatic carbocycles. The van der Waals surface area contributed by atoms with E-state index in [9.17, 15) is 4.79 Å². The van der Waals surface area contributed by atoms with Gasteiger partial charge in [-0.25, -0.2) is 0 Å². The predicted molar refractivity (Wildman–Crippen MR) is 83.2 cm³/mol. The molecule has 4 heteroatoms. The highest BCUT2D eigenvalue weighted by Gasteiger charge is 2.25. The minimum atomic E-state index is -0.0704. The lowest BCUT2D eigenvalue weighted by molar-refractivity contribution is 0.0302. The van der Waals surface area contributed by atoms with E-state index in [1.54, 1.807) is 7.11 Å². The highest BCUT2D eigenvalue weighted by atomic mass is 16.5. The lowest BCUT2D eigenvalue weighted by atomic mass is 9.84. The third kappa shape index (κ3) is 3.38. The molecule has 1 aliphatic rings. The van der Waals surface area contributed by atoms with Gasteiger partial charge in [0.15, 0.2) is 0 Å². The number of amides is 1. The van der Waals surface area contributed by atoms with Crippen LogP contribution >= 0.6 is 0 Å². The zero-order valence-corrected chi connectivity index (χ0v) is 13.7. The van der Waals surface area contributed by atoms with Crippen molar-refractivity contribution in [2.24, 2.45) is 0 Å². The summed E-state index contributed by atoms with van der Waals surface area (Å²) in [5.74, 6) is 0.933. The summed E-state index contributed by atoms with van der Waals surface area (Å²) in [4.78, 5) is 14.6. The van der Waals surface area contributed by atoms with Crippen LogP contribution in [0.15, 0.2) is 12.1 Å². The quantitative estimate of drug-likeness (QED) is 0.841. The van der Waals surface area contributed by atoms with Gasteiger partial charge >= 0.3 is 0 Å². The fourth-order valence-electron chi connectivity index (χ4n) is 2.60. The summed E-state index contributed by atoms with van der Waals surface area (Å²) in [5, 5.41) is 0. The number of benzene rings is 1. The molecule has 2 rings (SSSR count). The molecule has 1 amide bonds. The maximum atomic E-state index is 12.7. The molecule has 0 aromatic heterocycles. The van der Waals surface area contributed by atoms with E-state index in [-0.39, 0.29) is 11.3 Å². The van der Waals surface area contributed by atoms with Gasteiger partial charge in [-0.3, -0.25) is 4.79 Å². The normalized spacial score (nSPS) is 16.0. The largest absolute Gasteiger partial charge is 0.496 e. The van der Waals surface area contributed by atoms with Crippen LogP contribution in [-0.4, -0.2) is 44.2 Å². The van der Waals surface area contributed by atoms with Gasteiger partial charge in [-0.05, 0) is 30.0 Å². The first-order valence-electron chi connectivity index (χ1n) is 7.40. The summed E-state index contributed by atoms with van der Waals surface area (Å²) in [7, 11) is 1.67. The number of rotatable bonds is 2. The van der Waals surface area contributed by atoms with Crippen molar-refractivity contribution in [3.8, 4) is 5.75 Å². The van der Waals surface area contributed by atoms with Gasteiger partial charge in [-0.2, -0.15) is 0 Å². The van der Waals surface area contributed by atoms with E-state index in [1.165, 1.54) is 0 Å². The van der Waals surface area contributed by atoms with E-state index >= 15 is 0 Å². The molecule has 1 heterocycles. The standard InChI is InChI=1S/C17H25NO3/c1-12-10-15(20-5)14(17(2,3)4)11-13(12)16(19)18-6-8-21-9-7-18/h10-11H,6-9H2,1-5H3. The Bertz CT molecular complexity index is 526. The lowest BCUT2D eigenvalue weighted by Crippen LogP contribution is -2.41. The zero-order chi connectivity index (χ0) is 15.6. The van der Waals surface area contributed by atoms with Crippen LogP contribution in [0.1, 0.15) is 42.3 Å². The smallest absolute Gasteiger partial charge is 0.254 e. The Morgan fingerprint density at radius 2 is 1.86 bits per heavy atom. The number of hydrogen-bond donors (Lipinski definition) is 0. The number of carbonyl (C=O) groups is 1. The molecule has 0 radical (unpaired) electrons. The Labute approximate surface area is 127 Å². The number of morpholine rings is 1. The van der Waals surface area contributed by atoms with Gasteiger partial charge in [-0.15, -0.1) is 0 Å². The molecule has 0 spiro atoms. The van der Waals surface area contributed by atoms with Gasteiger partial charge in [0.1, 0.15) is 5.75 Å². The molecule has 0 bridgehead atoms. The van der Waals surface area contributed by atoms with Gasteiger partial charge in [0, 0.05) is 24.2 Å². The van der Waals surface area contributed by atoms with E-state index < -0.39 is 0 Å². The molecule has 4 nitrogen and oxygen atoms in total. The molecule has 1 saturated heterocycles. The second-order valence-corrected chi connectivity index (χ2v) is 6.52. The van der Waals surface area contributed by atoms with Crippen molar-refractivity contribution >= 4 is 5.91 Å². The molecule has 1 aliphatic heterocycles. The number of methoxy groups -OCH3 is 1. The monoisotopic (exact) mass is 291 g/mol. The molecule has 0 saturated carbocycles. The number of aryl methyl sites for hydroxylation is 1. The molecule has 21 heavy (non-hydrogen) atoms. The number of ether oxygens (including phenoxy) is 2. The van der Waals surface area contributed by atoms with Crippen LogP contribution in [0.3, 0.4) is 0 Å². The van der Waals surface area contributed by atoms with Crippen LogP contribution in [-0.2, 0) is 10.2 Å². The van der Waals surface area contributed by atoms with Crippen molar-refractivity contribution in [1.82, 2.24) is 4.90 Å². The van der Waals surface area contributed by atoms with Gasteiger partial charge in [0.2, 0.25) is 0 Å². The molecule has 1 aromatic carbocycles. The van der Waals surface area contributed by atoms with Crippen LogP contribution in [0.25, 0.3) is 0 Å². The molecule has 116 valence electrons. The van der Waals surface area contributed by atoms with Crippen LogP contribution in [0, 0.1) is 6.92 Å². The Kier molecular flexibility index (Phi) is 4.57. The fraction of sp³-hybridized carbons (Fsp3) is 0.588. The molecule has 0 unspecified atom stereocenters. The van der Waals surface area contributed by atoms with E-state index in [0.717, 1.165) is 22.4 Å². The third-order valence-electron chi connectivity index (χ3n) is 3.88. The molecule has 1 fully saturated rings. The van der Waals surface area contributed by atoms with E-state index in [0.29, 0.717) is 26.3 Å². The Morgan fingerprint density at radius 1 is 1.24 bits per heavy atom. The minimum Gasteiger partial charge on any atom is -0.496 e.